The monoisotopic (exact) mass is 473 g/mol. The average Bonchev–Trinajstić information content (AvgIpc) is 2.87. The van der Waals surface area contributed by atoms with E-state index in [1.165, 1.54) is 5.57 Å². The van der Waals surface area contributed by atoms with Crippen molar-refractivity contribution in [3.05, 3.63) is 65.4 Å². The van der Waals surface area contributed by atoms with Gasteiger partial charge in [0, 0.05) is 58.0 Å². The van der Waals surface area contributed by atoms with Crippen molar-refractivity contribution < 1.29 is 9.59 Å². The van der Waals surface area contributed by atoms with Crippen molar-refractivity contribution in [2.24, 2.45) is 5.92 Å². The molecule has 0 radical (unpaired) electrons. The van der Waals surface area contributed by atoms with Crippen molar-refractivity contribution in [2.75, 3.05) is 44.2 Å². The third-order valence-corrected chi connectivity index (χ3v) is 6.81. The first-order valence-electron chi connectivity index (χ1n) is 12.4. The van der Waals surface area contributed by atoms with Crippen LogP contribution in [-0.4, -0.2) is 70.9 Å². The van der Waals surface area contributed by atoms with E-state index in [-0.39, 0.29) is 11.8 Å². The first kappa shape index (κ1) is 24.6. The van der Waals surface area contributed by atoms with Crippen LogP contribution in [0.3, 0.4) is 0 Å². The number of aryl methyl sites for hydroxylation is 1. The van der Waals surface area contributed by atoms with E-state index in [4.69, 9.17) is 4.98 Å². The maximum absolute atomic E-state index is 13.7. The van der Waals surface area contributed by atoms with Crippen LogP contribution in [0, 0.1) is 12.8 Å². The number of anilines is 1. The smallest absolute Gasteiger partial charge is 0.257 e. The summed E-state index contributed by atoms with van der Waals surface area (Å²) in [4.78, 5) is 40.8. The van der Waals surface area contributed by atoms with E-state index in [1.807, 2.05) is 47.9 Å². The second-order valence-corrected chi connectivity index (χ2v) is 9.50. The number of hydrogen-bond acceptors (Lipinski definition) is 5. The van der Waals surface area contributed by atoms with Crippen LogP contribution in [0.5, 0.6) is 0 Å². The summed E-state index contributed by atoms with van der Waals surface area (Å²) in [6.45, 7) is 11.7. The molecule has 0 saturated carbocycles. The van der Waals surface area contributed by atoms with Crippen molar-refractivity contribution >= 4 is 17.8 Å². The molecule has 2 aliphatic rings. The number of hydrogen-bond donors (Lipinski definition) is 0. The van der Waals surface area contributed by atoms with E-state index in [1.54, 1.807) is 13.1 Å². The van der Waals surface area contributed by atoms with Crippen LogP contribution < -0.4 is 4.90 Å². The van der Waals surface area contributed by atoms with Gasteiger partial charge in [-0.2, -0.15) is 0 Å². The van der Waals surface area contributed by atoms with Gasteiger partial charge in [0.25, 0.3) is 5.91 Å². The molecule has 7 heteroatoms. The van der Waals surface area contributed by atoms with Gasteiger partial charge in [-0.1, -0.05) is 53.6 Å². The number of allylic oxidation sites excluding steroid dienone is 3. The Morgan fingerprint density at radius 1 is 1.09 bits per heavy atom. The molecule has 1 saturated heterocycles. The summed E-state index contributed by atoms with van der Waals surface area (Å²) in [6, 6.07) is 8.10. The van der Waals surface area contributed by atoms with Gasteiger partial charge in [-0.25, -0.2) is 9.97 Å². The van der Waals surface area contributed by atoms with E-state index in [0.29, 0.717) is 62.4 Å². The molecule has 1 aliphatic heterocycles. The maximum Gasteiger partial charge on any atom is 0.257 e. The Morgan fingerprint density at radius 3 is 2.43 bits per heavy atom. The molecular weight excluding hydrogens is 438 g/mol. The SMILES string of the molecule is CCN(CC1C=CC=C(C)C1)C(=O)c1cnc(N2CCN(C(C)=O)CC2)nc1-c1ccc(C)cc1. The van der Waals surface area contributed by atoms with Crippen LogP contribution in [0.4, 0.5) is 5.95 Å². The zero-order chi connectivity index (χ0) is 24.9. The van der Waals surface area contributed by atoms with E-state index in [9.17, 15) is 9.59 Å². The number of carbonyl (C=O) groups is 2. The first-order chi connectivity index (χ1) is 16.9. The van der Waals surface area contributed by atoms with Gasteiger partial charge in [0.1, 0.15) is 0 Å². The fourth-order valence-corrected chi connectivity index (χ4v) is 4.70. The minimum atomic E-state index is -0.0448. The highest BCUT2D eigenvalue weighted by molar-refractivity contribution is 5.99. The fourth-order valence-electron chi connectivity index (χ4n) is 4.70. The van der Waals surface area contributed by atoms with Crippen LogP contribution in [0.25, 0.3) is 11.3 Å². The number of piperazine rings is 1. The van der Waals surface area contributed by atoms with Crippen LogP contribution >= 0.6 is 0 Å². The molecule has 2 heterocycles. The molecule has 1 unspecified atom stereocenters. The average molecular weight is 474 g/mol. The Hall–Kier alpha value is -3.48. The van der Waals surface area contributed by atoms with Gasteiger partial charge in [0.05, 0.1) is 11.3 Å². The fraction of sp³-hybridized carbons (Fsp3) is 0.429. The van der Waals surface area contributed by atoms with Gasteiger partial charge >= 0.3 is 0 Å². The molecule has 1 aromatic carbocycles. The minimum absolute atomic E-state index is 0.0448. The standard InChI is InChI=1S/C28H35N5O2/c1-5-31(19-23-8-6-7-21(3)17-23)27(35)25-18-29-28(33-15-13-32(14-16-33)22(4)34)30-26(25)24-11-9-20(2)10-12-24/h6-12,18,23H,5,13-17,19H2,1-4H3. The number of amides is 2. The second kappa shape index (κ2) is 10.8. The first-order valence-corrected chi connectivity index (χ1v) is 12.4. The number of rotatable bonds is 6. The third kappa shape index (κ3) is 5.78. The van der Waals surface area contributed by atoms with Gasteiger partial charge in [-0.15, -0.1) is 0 Å². The zero-order valence-corrected chi connectivity index (χ0v) is 21.2. The summed E-state index contributed by atoms with van der Waals surface area (Å²) in [5.41, 5.74) is 4.56. The molecule has 184 valence electrons. The lowest BCUT2D eigenvalue weighted by Gasteiger charge is -2.34. The molecule has 4 rings (SSSR count). The quantitative estimate of drug-likeness (QED) is 0.632. The normalized spacial score (nSPS) is 17.8. The lowest BCUT2D eigenvalue weighted by atomic mass is 9.94. The predicted octanol–water partition coefficient (Wildman–Crippen LogP) is 4.11. The van der Waals surface area contributed by atoms with Crippen molar-refractivity contribution in [1.82, 2.24) is 19.8 Å². The molecule has 35 heavy (non-hydrogen) atoms. The lowest BCUT2D eigenvalue weighted by Crippen LogP contribution is -2.48. The number of aromatic nitrogens is 2. The Bertz CT molecular complexity index is 1130. The second-order valence-electron chi connectivity index (χ2n) is 9.50. The van der Waals surface area contributed by atoms with Crippen molar-refractivity contribution in [3.8, 4) is 11.3 Å². The predicted molar refractivity (Wildman–Crippen MR) is 139 cm³/mol. The van der Waals surface area contributed by atoms with Crippen LogP contribution in [-0.2, 0) is 4.79 Å². The Morgan fingerprint density at radius 2 is 1.80 bits per heavy atom. The summed E-state index contributed by atoms with van der Waals surface area (Å²) < 4.78 is 0. The molecular formula is C28H35N5O2. The van der Waals surface area contributed by atoms with E-state index < -0.39 is 0 Å². The molecule has 7 nitrogen and oxygen atoms in total. The topological polar surface area (TPSA) is 69.6 Å². The van der Waals surface area contributed by atoms with Crippen molar-refractivity contribution in [2.45, 2.75) is 34.1 Å². The summed E-state index contributed by atoms with van der Waals surface area (Å²) in [7, 11) is 0. The summed E-state index contributed by atoms with van der Waals surface area (Å²) in [6.07, 6.45) is 9.05. The van der Waals surface area contributed by atoms with Gasteiger partial charge in [0.2, 0.25) is 11.9 Å². The molecule has 1 aliphatic carbocycles. The van der Waals surface area contributed by atoms with Crippen LogP contribution in [0.15, 0.2) is 54.3 Å². The van der Waals surface area contributed by atoms with Crippen molar-refractivity contribution in [3.63, 3.8) is 0 Å². The van der Waals surface area contributed by atoms with Gasteiger partial charge in [-0.05, 0) is 33.1 Å². The Balaban J connectivity index is 1.63. The van der Waals surface area contributed by atoms with Gasteiger partial charge in [0.15, 0.2) is 0 Å². The zero-order valence-electron chi connectivity index (χ0n) is 21.2. The Kier molecular flexibility index (Phi) is 7.63. The highest BCUT2D eigenvalue weighted by atomic mass is 16.2. The highest BCUT2D eigenvalue weighted by Crippen LogP contribution is 2.27. The molecule has 0 spiro atoms. The van der Waals surface area contributed by atoms with E-state index >= 15 is 0 Å². The maximum atomic E-state index is 13.7. The third-order valence-electron chi connectivity index (χ3n) is 6.81. The van der Waals surface area contributed by atoms with E-state index in [0.717, 1.165) is 17.5 Å². The molecule has 0 bridgehead atoms. The van der Waals surface area contributed by atoms with Crippen molar-refractivity contribution in [1.29, 1.82) is 0 Å². The lowest BCUT2D eigenvalue weighted by molar-refractivity contribution is -0.129. The largest absolute Gasteiger partial charge is 0.339 e. The molecule has 0 N–H and O–H groups in total. The molecule has 2 aromatic rings. The number of carbonyl (C=O) groups excluding carboxylic acids is 2. The summed E-state index contributed by atoms with van der Waals surface area (Å²) in [5.74, 6) is 0.950. The van der Waals surface area contributed by atoms with Crippen LogP contribution in [0.1, 0.15) is 43.1 Å². The number of nitrogens with zero attached hydrogens (tertiary/aromatic N) is 5. The van der Waals surface area contributed by atoms with Gasteiger partial charge < -0.3 is 14.7 Å². The summed E-state index contributed by atoms with van der Waals surface area (Å²) in [5, 5.41) is 0. The van der Waals surface area contributed by atoms with Crippen LogP contribution in [0.2, 0.25) is 0 Å². The summed E-state index contributed by atoms with van der Waals surface area (Å²) >= 11 is 0. The molecule has 1 fully saturated rings. The molecule has 1 aromatic heterocycles. The van der Waals surface area contributed by atoms with E-state index in [2.05, 4.69) is 35.0 Å². The number of benzene rings is 1. The van der Waals surface area contributed by atoms with Gasteiger partial charge in [-0.3, -0.25) is 9.59 Å². The molecule has 2 amide bonds. The minimum Gasteiger partial charge on any atom is -0.339 e. The Labute approximate surface area is 208 Å². The highest BCUT2D eigenvalue weighted by Gasteiger charge is 2.26. The molecule has 1 atom stereocenters.